The lowest BCUT2D eigenvalue weighted by Gasteiger charge is -2.19. The molecule has 1 amide bonds. The van der Waals surface area contributed by atoms with Crippen molar-refractivity contribution in [2.24, 2.45) is 0 Å². The van der Waals surface area contributed by atoms with E-state index < -0.39 is 17.9 Å². The molecule has 3 aromatic rings. The third kappa shape index (κ3) is 3.95. The number of carbonyl (C=O) groups is 2. The van der Waals surface area contributed by atoms with Gasteiger partial charge in [0, 0.05) is 10.4 Å². The number of benzene rings is 2. The number of aromatic amines is 1. The Morgan fingerprint density at radius 1 is 1.12 bits per heavy atom. The standard InChI is InChI=1S/C18H14Cl2N2O3/c19-12-7-11-8-14(21-16(11)13(20)9-12)17(23)22-15(18(24)25)6-10-4-2-1-3-5-10/h1-5,7-9,15,21H,6H2,(H,22,23)(H,24,25)/p-1. The van der Waals surface area contributed by atoms with Crippen molar-refractivity contribution in [2.75, 3.05) is 0 Å². The van der Waals surface area contributed by atoms with Gasteiger partial charge in [-0.3, -0.25) is 4.79 Å². The predicted octanol–water partition coefficient (Wildman–Crippen LogP) is 2.57. The first-order chi connectivity index (χ1) is 11.9. The lowest BCUT2D eigenvalue weighted by atomic mass is 10.1. The van der Waals surface area contributed by atoms with Crippen molar-refractivity contribution < 1.29 is 14.7 Å². The Kier molecular flexibility index (Phi) is 4.97. The van der Waals surface area contributed by atoms with E-state index in [1.54, 1.807) is 42.5 Å². The van der Waals surface area contributed by atoms with Crippen LogP contribution in [0.15, 0.2) is 48.5 Å². The lowest BCUT2D eigenvalue weighted by Crippen LogP contribution is -2.49. The number of aromatic nitrogens is 1. The number of carbonyl (C=O) groups excluding carboxylic acids is 2. The summed E-state index contributed by atoms with van der Waals surface area (Å²) in [6, 6.07) is 12.6. The molecule has 0 aliphatic carbocycles. The van der Waals surface area contributed by atoms with Crippen molar-refractivity contribution >= 4 is 46.0 Å². The maximum Gasteiger partial charge on any atom is 0.268 e. The molecule has 0 aliphatic heterocycles. The van der Waals surface area contributed by atoms with E-state index in [2.05, 4.69) is 10.3 Å². The van der Waals surface area contributed by atoms with Gasteiger partial charge in [0.2, 0.25) is 0 Å². The van der Waals surface area contributed by atoms with Crippen LogP contribution in [0, 0.1) is 0 Å². The van der Waals surface area contributed by atoms with Gasteiger partial charge in [-0.15, -0.1) is 0 Å². The van der Waals surface area contributed by atoms with Crippen LogP contribution in [0.25, 0.3) is 10.9 Å². The van der Waals surface area contributed by atoms with Crippen LogP contribution >= 0.6 is 23.2 Å². The third-order valence-corrected chi connectivity index (χ3v) is 4.28. The molecule has 5 nitrogen and oxygen atoms in total. The second kappa shape index (κ2) is 7.17. The van der Waals surface area contributed by atoms with Gasteiger partial charge in [0.15, 0.2) is 0 Å². The monoisotopic (exact) mass is 375 g/mol. The molecular weight excluding hydrogens is 363 g/mol. The number of carboxylic acids is 1. The second-order valence-electron chi connectivity index (χ2n) is 5.57. The fourth-order valence-electron chi connectivity index (χ4n) is 2.57. The zero-order valence-corrected chi connectivity index (χ0v) is 14.4. The number of rotatable bonds is 5. The molecule has 0 bridgehead atoms. The van der Waals surface area contributed by atoms with Crippen molar-refractivity contribution in [3.05, 3.63) is 69.8 Å². The molecule has 0 aliphatic rings. The van der Waals surface area contributed by atoms with Crippen molar-refractivity contribution in [2.45, 2.75) is 12.5 Å². The topological polar surface area (TPSA) is 85.0 Å². The first-order valence-corrected chi connectivity index (χ1v) is 8.23. The van der Waals surface area contributed by atoms with Gasteiger partial charge in [-0.05, 0) is 30.2 Å². The van der Waals surface area contributed by atoms with E-state index in [9.17, 15) is 14.7 Å². The molecule has 1 heterocycles. The van der Waals surface area contributed by atoms with Crippen LogP contribution in [0.1, 0.15) is 16.1 Å². The van der Waals surface area contributed by atoms with Crippen LogP contribution in [0.3, 0.4) is 0 Å². The summed E-state index contributed by atoms with van der Waals surface area (Å²) in [6.07, 6.45) is 0.127. The van der Waals surface area contributed by atoms with Crippen LogP contribution in [-0.2, 0) is 11.2 Å². The number of H-pyrrole nitrogens is 1. The third-order valence-electron chi connectivity index (χ3n) is 3.76. The van der Waals surface area contributed by atoms with Gasteiger partial charge < -0.3 is 20.2 Å². The molecule has 0 saturated heterocycles. The smallest absolute Gasteiger partial charge is 0.268 e. The Morgan fingerprint density at radius 2 is 1.84 bits per heavy atom. The van der Waals surface area contributed by atoms with E-state index >= 15 is 0 Å². The number of carboxylic acid groups (broad SMARTS) is 1. The van der Waals surface area contributed by atoms with Gasteiger partial charge in [-0.1, -0.05) is 53.5 Å². The summed E-state index contributed by atoms with van der Waals surface area (Å²) >= 11 is 12.0. The predicted molar refractivity (Wildman–Crippen MR) is 94.7 cm³/mol. The van der Waals surface area contributed by atoms with E-state index in [-0.39, 0.29) is 12.1 Å². The fourth-order valence-corrected chi connectivity index (χ4v) is 3.12. The molecule has 3 rings (SSSR count). The summed E-state index contributed by atoms with van der Waals surface area (Å²) in [5.41, 5.74) is 1.53. The first-order valence-electron chi connectivity index (χ1n) is 7.47. The largest absolute Gasteiger partial charge is 0.548 e. The Bertz CT molecular complexity index is 938. The Balaban J connectivity index is 1.82. The molecule has 1 aromatic heterocycles. The average molecular weight is 376 g/mol. The van der Waals surface area contributed by atoms with Crippen LogP contribution in [0.5, 0.6) is 0 Å². The van der Waals surface area contributed by atoms with E-state index in [0.29, 0.717) is 20.9 Å². The Morgan fingerprint density at radius 3 is 2.52 bits per heavy atom. The normalized spacial score (nSPS) is 12.1. The van der Waals surface area contributed by atoms with Crippen molar-refractivity contribution in [3.8, 4) is 0 Å². The number of aliphatic carboxylic acids is 1. The quantitative estimate of drug-likeness (QED) is 0.718. The summed E-state index contributed by atoms with van der Waals surface area (Å²) in [5.74, 6) is -1.91. The van der Waals surface area contributed by atoms with Gasteiger partial charge in [-0.25, -0.2) is 0 Å². The maximum atomic E-state index is 12.4. The minimum atomic E-state index is -1.35. The molecular formula is C18H13Cl2N2O3-. The average Bonchev–Trinajstić information content (AvgIpc) is 2.99. The summed E-state index contributed by atoms with van der Waals surface area (Å²) in [6.45, 7) is 0. The molecule has 1 atom stereocenters. The highest BCUT2D eigenvalue weighted by Gasteiger charge is 2.18. The zero-order chi connectivity index (χ0) is 18.0. The molecule has 7 heteroatoms. The molecule has 2 aromatic carbocycles. The molecule has 1 unspecified atom stereocenters. The Labute approximate surface area is 153 Å². The van der Waals surface area contributed by atoms with Crippen molar-refractivity contribution in [1.29, 1.82) is 0 Å². The molecule has 25 heavy (non-hydrogen) atoms. The lowest BCUT2D eigenvalue weighted by molar-refractivity contribution is -0.308. The molecule has 0 saturated carbocycles. The van der Waals surface area contributed by atoms with Crippen molar-refractivity contribution in [3.63, 3.8) is 0 Å². The first kappa shape index (κ1) is 17.3. The number of nitrogens with one attached hydrogen (secondary N) is 2. The number of fused-ring (bicyclic) bond motifs is 1. The molecule has 0 radical (unpaired) electrons. The SMILES string of the molecule is O=C(NC(Cc1ccccc1)C(=O)[O-])c1cc2cc(Cl)cc(Cl)c2[nH]1. The summed E-state index contributed by atoms with van der Waals surface area (Å²) in [7, 11) is 0. The van der Waals surface area contributed by atoms with E-state index in [4.69, 9.17) is 23.2 Å². The van der Waals surface area contributed by atoms with E-state index in [1.165, 1.54) is 0 Å². The highest BCUT2D eigenvalue weighted by Crippen LogP contribution is 2.28. The van der Waals surface area contributed by atoms with Crippen LogP contribution in [0.4, 0.5) is 0 Å². The summed E-state index contributed by atoms with van der Waals surface area (Å²) in [5, 5.41) is 15.3. The molecule has 2 N–H and O–H groups in total. The Hall–Kier alpha value is -2.50. The van der Waals surface area contributed by atoms with E-state index in [0.717, 1.165) is 5.56 Å². The van der Waals surface area contributed by atoms with Gasteiger partial charge in [-0.2, -0.15) is 0 Å². The minimum Gasteiger partial charge on any atom is -0.548 e. The summed E-state index contributed by atoms with van der Waals surface area (Å²) in [4.78, 5) is 26.7. The number of hydrogen-bond donors (Lipinski definition) is 2. The minimum absolute atomic E-state index is 0.127. The van der Waals surface area contributed by atoms with Gasteiger partial charge >= 0.3 is 0 Å². The number of hydrogen-bond acceptors (Lipinski definition) is 3. The number of halogens is 2. The van der Waals surface area contributed by atoms with Gasteiger partial charge in [0.1, 0.15) is 5.69 Å². The van der Waals surface area contributed by atoms with Crippen LogP contribution < -0.4 is 10.4 Å². The van der Waals surface area contributed by atoms with E-state index in [1.807, 2.05) is 6.07 Å². The highest BCUT2D eigenvalue weighted by molar-refractivity contribution is 6.38. The second-order valence-corrected chi connectivity index (χ2v) is 6.41. The molecule has 0 fully saturated rings. The molecule has 0 spiro atoms. The van der Waals surface area contributed by atoms with Gasteiger partial charge in [0.05, 0.1) is 22.6 Å². The van der Waals surface area contributed by atoms with Crippen LogP contribution in [0.2, 0.25) is 10.0 Å². The molecule has 128 valence electrons. The summed E-state index contributed by atoms with van der Waals surface area (Å²) < 4.78 is 0. The highest BCUT2D eigenvalue weighted by atomic mass is 35.5. The van der Waals surface area contributed by atoms with Gasteiger partial charge in [0.25, 0.3) is 5.91 Å². The fraction of sp³-hybridized carbons (Fsp3) is 0.111. The van der Waals surface area contributed by atoms with Crippen LogP contribution in [-0.4, -0.2) is 22.9 Å². The number of amides is 1. The maximum absolute atomic E-state index is 12.4. The zero-order valence-electron chi connectivity index (χ0n) is 12.9. The van der Waals surface area contributed by atoms with Crippen molar-refractivity contribution in [1.82, 2.24) is 10.3 Å².